The number of hydrogen-bond donors (Lipinski definition) is 1. The maximum Gasteiger partial charge on any atom is 0.258 e. The number of aryl methyl sites for hydroxylation is 1. The van der Waals surface area contributed by atoms with Gasteiger partial charge >= 0.3 is 0 Å². The molecule has 1 aliphatic heterocycles. The molecular weight excluding hydrogens is 328 g/mol. The van der Waals surface area contributed by atoms with Gasteiger partial charge in [-0.15, -0.1) is 0 Å². The predicted octanol–water partition coefficient (Wildman–Crippen LogP) is 2.56. The Morgan fingerprint density at radius 1 is 1.12 bits per heavy atom. The Kier molecular flexibility index (Phi) is 6.63. The third-order valence-electron chi connectivity index (χ3n) is 4.55. The molecule has 0 spiro atoms. The molecule has 1 fully saturated rings. The maximum absolute atomic E-state index is 12.2. The van der Waals surface area contributed by atoms with Crippen LogP contribution in [0.3, 0.4) is 0 Å². The van der Waals surface area contributed by atoms with Gasteiger partial charge in [-0.25, -0.2) is 0 Å². The Labute approximate surface area is 154 Å². The summed E-state index contributed by atoms with van der Waals surface area (Å²) >= 11 is 0. The minimum absolute atomic E-state index is 0.0216. The SMILES string of the molecule is Cc1ccc([C@H](CNC(=O)COc2ccccc2)N2CCOCC2)cc1. The van der Waals surface area contributed by atoms with Crippen molar-refractivity contribution in [1.82, 2.24) is 10.2 Å². The third-order valence-corrected chi connectivity index (χ3v) is 4.55. The molecule has 0 saturated carbocycles. The summed E-state index contributed by atoms with van der Waals surface area (Å²) in [7, 11) is 0. The van der Waals surface area contributed by atoms with E-state index < -0.39 is 0 Å². The molecule has 1 heterocycles. The smallest absolute Gasteiger partial charge is 0.258 e. The summed E-state index contributed by atoms with van der Waals surface area (Å²) in [4.78, 5) is 14.6. The van der Waals surface area contributed by atoms with E-state index in [2.05, 4.69) is 41.4 Å². The monoisotopic (exact) mass is 354 g/mol. The summed E-state index contributed by atoms with van der Waals surface area (Å²) in [5.74, 6) is 0.588. The number of ether oxygens (including phenoxy) is 2. The van der Waals surface area contributed by atoms with Crippen LogP contribution >= 0.6 is 0 Å². The molecule has 0 aliphatic carbocycles. The molecule has 0 bridgehead atoms. The molecule has 0 unspecified atom stereocenters. The second-order valence-corrected chi connectivity index (χ2v) is 6.48. The van der Waals surface area contributed by atoms with Crippen molar-refractivity contribution < 1.29 is 14.3 Å². The number of carbonyl (C=O) groups excluding carboxylic acids is 1. The number of hydrogen-bond acceptors (Lipinski definition) is 4. The van der Waals surface area contributed by atoms with Crippen molar-refractivity contribution in [2.24, 2.45) is 0 Å². The van der Waals surface area contributed by atoms with E-state index in [1.165, 1.54) is 11.1 Å². The molecule has 138 valence electrons. The van der Waals surface area contributed by atoms with Crippen LogP contribution in [-0.2, 0) is 9.53 Å². The molecule has 26 heavy (non-hydrogen) atoms. The van der Waals surface area contributed by atoms with Crippen LogP contribution in [-0.4, -0.2) is 50.3 Å². The molecule has 2 aromatic carbocycles. The highest BCUT2D eigenvalue weighted by Crippen LogP contribution is 2.21. The number of amides is 1. The predicted molar refractivity (Wildman–Crippen MR) is 101 cm³/mol. The molecule has 0 aromatic heterocycles. The first kappa shape index (κ1) is 18.4. The van der Waals surface area contributed by atoms with Gasteiger partial charge in [0.1, 0.15) is 5.75 Å². The van der Waals surface area contributed by atoms with Crippen molar-refractivity contribution in [1.29, 1.82) is 0 Å². The number of para-hydroxylation sites is 1. The minimum Gasteiger partial charge on any atom is -0.484 e. The van der Waals surface area contributed by atoms with Gasteiger partial charge in [-0.2, -0.15) is 0 Å². The molecule has 3 rings (SSSR count). The minimum atomic E-state index is -0.112. The molecule has 5 heteroatoms. The first-order valence-electron chi connectivity index (χ1n) is 9.05. The summed E-state index contributed by atoms with van der Waals surface area (Å²) in [6.07, 6.45) is 0. The van der Waals surface area contributed by atoms with Crippen LogP contribution in [0.25, 0.3) is 0 Å². The van der Waals surface area contributed by atoms with Gasteiger partial charge in [0.25, 0.3) is 5.91 Å². The largest absolute Gasteiger partial charge is 0.484 e. The lowest BCUT2D eigenvalue weighted by Gasteiger charge is -2.35. The fourth-order valence-corrected chi connectivity index (χ4v) is 3.06. The van der Waals surface area contributed by atoms with Gasteiger partial charge < -0.3 is 14.8 Å². The van der Waals surface area contributed by atoms with E-state index in [4.69, 9.17) is 9.47 Å². The van der Waals surface area contributed by atoms with E-state index in [1.54, 1.807) is 0 Å². The number of nitrogens with one attached hydrogen (secondary N) is 1. The Morgan fingerprint density at radius 3 is 2.50 bits per heavy atom. The zero-order valence-electron chi connectivity index (χ0n) is 15.2. The van der Waals surface area contributed by atoms with E-state index in [0.29, 0.717) is 12.3 Å². The second-order valence-electron chi connectivity index (χ2n) is 6.48. The summed E-state index contributed by atoms with van der Waals surface area (Å²) in [6.45, 7) is 5.86. The third kappa shape index (κ3) is 5.31. The lowest BCUT2D eigenvalue weighted by Crippen LogP contribution is -2.44. The van der Waals surface area contributed by atoms with Gasteiger partial charge in [-0.3, -0.25) is 9.69 Å². The molecule has 2 aromatic rings. The fourth-order valence-electron chi connectivity index (χ4n) is 3.06. The Morgan fingerprint density at radius 2 is 1.81 bits per heavy atom. The molecule has 1 atom stereocenters. The molecule has 0 radical (unpaired) electrons. The van der Waals surface area contributed by atoms with E-state index in [9.17, 15) is 4.79 Å². The highest BCUT2D eigenvalue weighted by molar-refractivity contribution is 5.77. The topological polar surface area (TPSA) is 50.8 Å². The maximum atomic E-state index is 12.2. The van der Waals surface area contributed by atoms with Crippen LogP contribution in [0.1, 0.15) is 17.2 Å². The van der Waals surface area contributed by atoms with Crippen LogP contribution in [0.15, 0.2) is 54.6 Å². The molecule has 1 saturated heterocycles. The van der Waals surface area contributed by atoms with Crippen LogP contribution in [0.4, 0.5) is 0 Å². The van der Waals surface area contributed by atoms with E-state index in [0.717, 1.165) is 26.3 Å². The van der Waals surface area contributed by atoms with Crippen molar-refractivity contribution in [3.8, 4) is 5.75 Å². The highest BCUT2D eigenvalue weighted by atomic mass is 16.5. The number of benzene rings is 2. The highest BCUT2D eigenvalue weighted by Gasteiger charge is 2.23. The fraction of sp³-hybridized carbons (Fsp3) is 0.381. The first-order chi connectivity index (χ1) is 12.7. The first-order valence-corrected chi connectivity index (χ1v) is 9.05. The molecule has 1 aliphatic rings. The van der Waals surface area contributed by atoms with Crippen molar-refractivity contribution >= 4 is 5.91 Å². The van der Waals surface area contributed by atoms with Crippen LogP contribution < -0.4 is 10.1 Å². The van der Waals surface area contributed by atoms with Crippen molar-refractivity contribution in [3.05, 3.63) is 65.7 Å². The zero-order valence-corrected chi connectivity index (χ0v) is 15.2. The van der Waals surface area contributed by atoms with Gasteiger partial charge in [-0.05, 0) is 24.6 Å². The lowest BCUT2D eigenvalue weighted by atomic mass is 10.0. The van der Waals surface area contributed by atoms with Crippen molar-refractivity contribution in [2.45, 2.75) is 13.0 Å². The van der Waals surface area contributed by atoms with Gasteiger partial charge in [-0.1, -0.05) is 48.0 Å². The van der Waals surface area contributed by atoms with Gasteiger partial charge in [0, 0.05) is 19.6 Å². The summed E-state index contributed by atoms with van der Waals surface area (Å²) in [6, 6.07) is 18.0. The molecule has 1 N–H and O–H groups in total. The quantitative estimate of drug-likeness (QED) is 0.830. The van der Waals surface area contributed by atoms with Gasteiger partial charge in [0.2, 0.25) is 0 Å². The van der Waals surface area contributed by atoms with Gasteiger partial charge in [0.05, 0.1) is 19.3 Å². The molecular formula is C21H26N2O3. The number of carbonyl (C=O) groups is 1. The van der Waals surface area contributed by atoms with Crippen LogP contribution in [0.5, 0.6) is 5.75 Å². The average Bonchev–Trinajstić information content (AvgIpc) is 2.69. The average molecular weight is 354 g/mol. The summed E-state index contributed by atoms with van der Waals surface area (Å²) in [5.41, 5.74) is 2.44. The standard InChI is InChI=1S/C21H26N2O3/c1-17-7-9-18(10-8-17)20(23-11-13-25-14-12-23)15-22-21(24)16-26-19-5-3-2-4-6-19/h2-10,20H,11-16H2,1H3,(H,22,24)/t20-/m0/s1. The molecule has 5 nitrogen and oxygen atoms in total. The molecule has 1 amide bonds. The zero-order chi connectivity index (χ0) is 18.2. The van der Waals surface area contributed by atoms with Crippen molar-refractivity contribution in [2.75, 3.05) is 39.5 Å². The summed E-state index contributed by atoms with van der Waals surface area (Å²) in [5, 5.41) is 3.02. The number of rotatable bonds is 7. The second kappa shape index (κ2) is 9.36. The van der Waals surface area contributed by atoms with E-state index in [1.807, 2.05) is 30.3 Å². The van der Waals surface area contributed by atoms with E-state index in [-0.39, 0.29) is 18.6 Å². The lowest BCUT2D eigenvalue weighted by molar-refractivity contribution is -0.123. The van der Waals surface area contributed by atoms with Gasteiger partial charge in [0.15, 0.2) is 6.61 Å². The van der Waals surface area contributed by atoms with Crippen LogP contribution in [0.2, 0.25) is 0 Å². The number of nitrogens with zero attached hydrogens (tertiary/aromatic N) is 1. The van der Waals surface area contributed by atoms with Crippen molar-refractivity contribution in [3.63, 3.8) is 0 Å². The summed E-state index contributed by atoms with van der Waals surface area (Å²) < 4.78 is 11.0. The Hall–Kier alpha value is -2.37. The Bertz CT molecular complexity index is 682. The normalized spacial score (nSPS) is 16.0. The van der Waals surface area contributed by atoms with E-state index >= 15 is 0 Å². The van der Waals surface area contributed by atoms with Crippen LogP contribution in [0, 0.1) is 6.92 Å². The Balaban J connectivity index is 1.58. The number of morpholine rings is 1.